The number of carbonyl (C=O) groups excluding carboxylic acids is 1. The number of nitrogens with zero attached hydrogens (tertiary/aromatic N) is 1. The van der Waals surface area contributed by atoms with Gasteiger partial charge in [0.1, 0.15) is 0 Å². The Morgan fingerprint density at radius 3 is 1.85 bits per heavy atom. The van der Waals surface area contributed by atoms with Crippen LogP contribution in [0.4, 0.5) is 0 Å². The van der Waals surface area contributed by atoms with Crippen molar-refractivity contribution < 1.29 is 19.0 Å². The van der Waals surface area contributed by atoms with Crippen molar-refractivity contribution in [3.8, 4) is 0 Å². The van der Waals surface area contributed by atoms with E-state index in [0.29, 0.717) is 18.9 Å². The molecule has 0 aromatic rings. The Kier molecular flexibility index (Phi) is 22.1. The molecule has 1 saturated heterocycles. The molecule has 40 heavy (non-hydrogen) atoms. The van der Waals surface area contributed by atoms with E-state index in [1.54, 1.807) is 0 Å². The topological polar surface area (TPSA) is 48.0 Å². The van der Waals surface area contributed by atoms with Gasteiger partial charge in [-0.3, -0.25) is 4.79 Å². The molecule has 236 valence electrons. The van der Waals surface area contributed by atoms with Gasteiger partial charge in [-0.25, -0.2) is 0 Å². The fourth-order valence-corrected chi connectivity index (χ4v) is 6.21. The van der Waals surface area contributed by atoms with Crippen LogP contribution in [0.2, 0.25) is 0 Å². The van der Waals surface area contributed by atoms with Crippen molar-refractivity contribution in [1.82, 2.24) is 4.90 Å². The molecule has 0 unspecified atom stereocenters. The van der Waals surface area contributed by atoms with Gasteiger partial charge in [0.2, 0.25) is 0 Å². The lowest BCUT2D eigenvalue weighted by Crippen LogP contribution is -2.41. The van der Waals surface area contributed by atoms with Crippen molar-refractivity contribution in [2.75, 3.05) is 32.9 Å². The van der Waals surface area contributed by atoms with E-state index < -0.39 is 0 Å². The molecule has 0 aromatic heterocycles. The standard InChI is InChI=1S/C35H67NO4/c1-3-5-7-9-11-14-21-32(22-15-12-10-8-6-4-2)31-40-34(37)25-16-13-18-27-36(33-23-20-24-33)28-19-17-26-35-38-29-30-39-35/h32-33,35H,3-31H2,1-2H3. The van der Waals surface area contributed by atoms with E-state index in [1.807, 2.05) is 0 Å². The van der Waals surface area contributed by atoms with Gasteiger partial charge in [-0.05, 0) is 76.8 Å². The summed E-state index contributed by atoms with van der Waals surface area (Å²) in [7, 11) is 0. The van der Waals surface area contributed by atoms with Crippen molar-refractivity contribution >= 4 is 5.97 Å². The monoisotopic (exact) mass is 566 g/mol. The second-order valence-electron chi connectivity index (χ2n) is 12.8. The van der Waals surface area contributed by atoms with E-state index in [-0.39, 0.29) is 12.3 Å². The van der Waals surface area contributed by atoms with Crippen LogP contribution < -0.4 is 0 Å². The smallest absolute Gasteiger partial charge is 0.305 e. The molecule has 0 atom stereocenters. The van der Waals surface area contributed by atoms with Gasteiger partial charge in [-0.15, -0.1) is 0 Å². The highest BCUT2D eigenvalue weighted by Crippen LogP contribution is 2.26. The van der Waals surface area contributed by atoms with Gasteiger partial charge in [0.25, 0.3) is 0 Å². The van der Waals surface area contributed by atoms with Gasteiger partial charge < -0.3 is 19.1 Å². The lowest BCUT2D eigenvalue weighted by atomic mass is 9.91. The highest BCUT2D eigenvalue weighted by molar-refractivity contribution is 5.69. The maximum absolute atomic E-state index is 12.5. The second kappa shape index (κ2) is 24.9. The molecule has 1 heterocycles. The van der Waals surface area contributed by atoms with Crippen LogP contribution in [-0.4, -0.2) is 56.1 Å². The fourth-order valence-electron chi connectivity index (χ4n) is 6.21. The number of hydrogen-bond donors (Lipinski definition) is 0. The van der Waals surface area contributed by atoms with Crippen molar-refractivity contribution in [2.45, 2.75) is 180 Å². The first kappa shape index (κ1) is 35.5. The van der Waals surface area contributed by atoms with Crippen LogP contribution in [0.5, 0.6) is 0 Å². The van der Waals surface area contributed by atoms with Crippen molar-refractivity contribution in [3.63, 3.8) is 0 Å². The van der Waals surface area contributed by atoms with Crippen LogP contribution in [0.3, 0.4) is 0 Å². The van der Waals surface area contributed by atoms with Crippen LogP contribution in [0.15, 0.2) is 0 Å². The molecule has 0 spiro atoms. The number of rotatable bonds is 28. The maximum Gasteiger partial charge on any atom is 0.305 e. The first-order valence-corrected chi connectivity index (χ1v) is 17.9. The van der Waals surface area contributed by atoms with E-state index >= 15 is 0 Å². The third-order valence-electron chi connectivity index (χ3n) is 9.16. The summed E-state index contributed by atoms with van der Waals surface area (Å²) in [5.41, 5.74) is 0. The fraction of sp³-hybridized carbons (Fsp3) is 0.971. The van der Waals surface area contributed by atoms with Crippen LogP contribution in [0.25, 0.3) is 0 Å². The van der Waals surface area contributed by atoms with E-state index in [0.717, 1.165) is 38.5 Å². The Bertz CT molecular complexity index is 560. The van der Waals surface area contributed by atoms with E-state index in [9.17, 15) is 4.79 Å². The van der Waals surface area contributed by atoms with Crippen molar-refractivity contribution in [1.29, 1.82) is 0 Å². The summed E-state index contributed by atoms with van der Waals surface area (Å²) >= 11 is 0. The maximum atomic E-state index is 12.5. The van der Waals surface area contributed by atoms with E-state index in [1.165, 1.54) is 142 Å². The molecule has 2 fully saturated rings. The minimum Gasteiger partial charge on any atom is -0.465 e. The highest BCUT2D eigenvalue weighted by atomic mass is 16.7. The van der Waals surface area contributed by atoms with Crippen LogP contribution in [0, 0.1) is 5.92 Å². The zero-order valence-electron chi connectivity index (χ0n) is 26.8. The second-order valence-corrected chi connectivity index (χ2v) is 12.8. The van der Waals surface area contributed by atoms with Crippen molar-refractivity contribution in [2.24, 2.45) is 5.92 Å². The van der Waals surface area contributed by atoms with Gasteiger partial charge in [0, 0.05) is 12.5 Å². The van der Waals surface area contributed by atoms with E-state index in [2.05, 4.69) is 18.7 Å². The number of unbranched alkanes of at least 4 members (excludes halogenated alkanes) is 13. The lowest BCUT2D eigenvalue weighted by Gasteiger charge is -2.37. The Labute approximate surface area is 248 Å². The summed E-state index contributed by atoms with van der Waals surface area (Å²) in [5, 5.41) is 0. The quantitative estimate of drug-likeness (QED) is 0.0698. The highest BCUT2D eigenvalue weighted by Gasteiger charge is 2.24. The van der Waals surface area contributed by atoms with Gasteiger partial charge in [-0.1, -0.05) is 104 Å². The summed E-state index contributed by atoms with van der Waals surface area (Å²) in [6, 6.07) is 0.791. The predicted octanol–water partition coefficient (Wildman–Crippen LogP) is 9.61. The Balaban J connectivity index is 1.55. The number of hydrogen-bond acceptors (Lipinski definition) is 5. The molecule has 2 rings (SSSR count). The summed E-state index contributed by atoms with van der Waals surface area (Å²) in [6.45, 7) is 9.08. The molecule has 1 aliphatic carbocycles. The van der Waals surface area contributed by atoms with Gasteiger partial charge >= 0.3 is 5.97 Å². The normalized spacial score (nSPS) is 16.3. The lowest BCUT2D eigenvalue weighted by molar-refractivity contribution is -0.145. The minimum atomic E-state index is 0.0306. The van der Waals surface area contributed by atoms with Gasteiger partial charge in [0.15, 0.2) is 6.29 Å². The Morgan fingerprint density at radius 1 is 0.725 bits per heavy atom. The summed E-state index contributed by atoms with van der Waals surface area (Å²) in [4.78, 5) is 15.3. The predicted molar refractivity (Wildman–Crippen MR) is 168 cm³/mol. The third-order valence-corrected chi connectivity index (χ3v) is 9.16. The molecular weight excluding hydrogens is 498 g/mol. The first-order chi connectivity index (χ1) is 19.7. The Morgan fingerprint density at radius 2 is 1.27 bits per heavy atom. The van der Waals surface area contributed by atoms with E-state index in [4.69, 9.17) is 14.2 Å². The summed E-state index contributed by atoms with van der Waals surface area (Å²) in [5.74, 6) is 0.590. The van der Waals surface area contributed by atoms with Crippen LogP contribution in [0.1, 0.15) is 168 Å². The average molecular weight is 566 g/mol. The van der Waals surface area contributed by atoms with Gasteiger partial charge in [0.05, 0.1) is 19.8 Å². The molecule has 1 saturated carbocycles. The largest absolute Gasteiger partial charge is 0.465 e. The SMILES string of the molecule is CCCCCCCCC(CCCCCCCC)COC(=O)CCCCCN(CCCCC1OCCO1)C1CCC1. The Hall–Kier alpha value is -0.650. The zero-order valence-corrected chi connectivity index (χ0v) is 26.8. The minimum absolute atomic E-state index is 0.0306. The molecule has 0 N–H and O–H groups in total. The molecular formula is C35H67NO4. The van der Waals surface area contributed by atoms with Crippen LogP contribution >= 0.6 is 0 Å². The number of ether oxygens (including phenoxy) is 3. The molecule has 0 aromatic carbocycles. The summed E-state index contributed by atoms with van der Waals surface area (Å²) < 4.78 is 17.0. The van der Waals surface area contributed by atoms with Crippen molar-refractivity contribution in [3.05, 3.63) is 0 Å². The number of esters is 1. The molecule has 2 aliphatic rings. The zero-order chi connectivity index (χ0) is 28.5. The summed E-state index contributed by atoms with van der Waals surface area (Å²) in [6.07, 6.45) is 30.0. The first-order valence-electron chi connectivity index (χ1n) is 17.9. The molecule has 5 nitrogen and oxygen atoms in total. The molecule has 5 heteroatoms. The molecule has 0 amide bonds. The molecule has 0 bridgehead atoms. The molecule has 0 radical (unpaired) electrons. The number of carbonyl (C=O) groups is 1. The molecule has 1 aliphatic heterocycles. The van der Waals surface area contributed by atoms with Crippen LogP contribution in [-0.2, 0) is 19.0 Å². The van der Waals surface area contributed by atoms with Gasteiger partial charge in [-0.2, -0.15) is 0 Å². The third kappa shape index (κ3) is 18.0. The average Bonchev–Trinajstić information content (AvgIpc) is 3.45.